The molecule has 0 bridgehead atoms. The highest BCUT2D eigenvalue weighted by molar-refractivity contribution is 7.87. The predicted octanol–water partition coefficient (Wildman–Crippen LogP) is 10.3. The Kier molecular flexibility index (Phi) is 8.98. The minimum atomic E-state index is -2.32. The van der Waals surface area contributed by atoms with E-state index < -0.39 is 14.1 Å². The van der Waals surface area contributed by atoms with Gasteiger partial charge in [-0.2, -0.15) is 0 Å². The lowest BCUT2D eigenvalue weighted by Gasteiger charge is -2.27. The van der Waals surface area contributed by atoms with Crippen molar-refractivity contribution in [2.75, 3.05) is 6.66 Å². The van der Waals surface area contributed by atoms with Crippen LogP contribution in [0.4, 0.5) is 11.4 Å². The summed E-state index contributed by atoms with van der Waals surface area (Å²) in [6, 6.07) is 71.0. The van der Waals surface area contributed by atoms with Gasteiger partial charge in [0.05, 0.1) is 18.4 Å². The molecule has 0 aliphatic carbocycles. The third-order valence-electron chi connectivity index (χ3n) is 8.56. The Morgan fingerprint density at radius 2 is 0.574 bits per heavy atom. The van der Waals surface area contributed by atoms with E-state index in [1.807, 2.05) is 0 Å². The van der Waals surface area contributed by atoms with Gasteiger partial charge < -0.3 is 0 Å². The molecule has 0 unspecified atom stereocenters. The van der Waals surface area contributed by atoms with E-state index in [1.165, 1.54) is 26.5 Å². The first kappa shape index (κ1) is 30.6. The van der Waals surface area contributed by atoms with Gasteiger partial charge in [0.2, 0.25) is 0 Å². The van der Waals surface area contributed by atoms with Gasteiger partial charge in [-0.3, -0.25) is 9.49 Å². The van der Waals surface area contributed by atoms with Crippen LogP contribution in [0, 0.1) is 0 Å². The lowest BCUT2D eigenvalue weighted by molar-refractivity contribution is 1.52. The Bertz CT molecular complexity index is 2020. The van der Waals surface area contributed by atoms with E-state index in [2.05, 4.69) is 207 Å². The molecule has 0 aliphatic heterocycles. The quantitative estimate of drug-likeness (QED) is 0.147. The van der Waals surface area contributed by atoms with Crippen LogP contribution in [-0.4, -0.2) is 6.66 Å². The van der Waals surface area contributed by atoms with E-state index in [-0.39, 0.29) is 0 Å². The van der Waals surface area contributed by atoms with Crippen molar-refractivity contribution in [1.82, 2.24) is 0 Å². The Morgan fingerprint density at radius 1 is 0.298 bits per heavy atom. The van der Waals surface area contributed by atoms with Crippen molar-refractivity contribution in [3.63, 3.8) is 0 Å². The van der Waals surface area contributed by atoms with E-state index in [1.54, 1.807) is 0 Å². The van der Waals surface area contributed by atoms with Gasteiger partial charge in [-0.05, 0) is 52.7 Å². The standard InChI is InChI=1S/C43H36N2P2/c1-46(39-17-7-2-8-18-39,40-19-9-3-10-20-40)44-37-31-27-35(28-32-37)36-29-33-38(34-30-36)45-47(41-21-11-4-12-22-41,42-23-13-5-14-24-42)43-25-15-6-16-26-43/h2-34H,1H3. The first-order chi connectivity index (χ1) is 23.1. The second-order valence-corrected chi connectivity index (χ2v) is 17.7. The molecule has 0 heterocycles. The van der Waals surface area contributed by atoms with Crippen LogP contribution >= 0.6 is 14.1 Å². The lowest BCUT2D eigenvalue weighted by Crippen LogP contribution is -2.25. The Hall–Kier alpha value is -5.00. The minimum absolute atomic E-state index is 0.969. The molecular weight excluding hydrogens is 606 g/mol. The number of rotatable bonds is 8. The summed E-state index contributed by atoms with van der Waals surface area (Å²) in [6.07, 6.45) is 0. The highest BCUT2D eigenvalue weighted by atomic mass is 31.2. The van der Waals surface area contributed by atoms with Gasteiger partial charge in [-0.25, -0.2) is 0 Å². The summed E-state index contributed by atoms with van der Waals surface area (Å²) < 4.78 is 11.1. The lowest BCUT2D eigenvalue weighted by atomic mass is 10.1. The molecule has 0 aliphatic rings. The Balaban J connectivity index is 1.27. The zero-order valence-electron chi connectivity index (χ0n) is 26.3. The maximum absolute atomic E-state index is 5.65. The predicted molar refractivity (Wildman–Crippen MR) is 206 cm³/mol. The number of nitrogens with zero attached hydrogens (tertiary/aromatic N) is 2. The Morgan fingerprint density at radius 3 is 0.894 bits per heavy atom. The highest BCUT2D eigenvalue weighted by Crippen LogP contribution is 2.49. The second kappa shape index (κ2) is 13.8. The minimum Gasteiger partial charge on any atom is -0.259 e. The van der Waals surface area contributed by atoms with Crippen molar-refractivity contribution >= 4 is 52.0 Å². The van der Waals surface area contributed by atoms with E-state index in [9.17, 15) is 0 Å². The first-order valence-electron chi connectivity index (χ1n) is 15.9. The van der Waals surface area contributed by atoms with Crippen LogP contribution in [0.15, 0.2) is 210 Å². The van der Waals surface area contributed by atoms with Gasteiger partial charge in [0.15, 0.2) is 0 Å². The summed E-state index contributed by atoms with van der Waals surface area (Å²) in [4.78, 5) is 0. The zero-order chi connectivity index (χ0) is 31.9. The first-order valence-corrected chi connectivity index (χ1v) is 19.8. The van der Waals surface area contributed by atoms with Crippen LogP contribution in [0.1, 0.15) is 0 Å². The van der Waals surface area contributed by atoms with E-state index in [4.69, 9.17) is 9.49 Å². The molecule has 7 aromatic carbocycles. The molecule has 0 radical (unpaired) electrons. The molecule has 0 aromatic heterocycles. The fourth-order valence-corrected chi connectivity index (χ4v) is 12.3. The molecule has 228 valence electrons. The number of hydrogen-bond donors (Lipinski definition) is 0. The smallest absolute Gasteiger partial charge is 0.0625 e. The molecule has 0 N–H and O–H groups in total. The van der Waals surface area contributed by atoms with Crippen molar-refractivity contribution in [2.24, 2.45) is 9.49 Å². The maximum Gasteiger partial charge on any atom is 0.0625 e. The van der Waals surface area contributed by atoms with Crippen molar-refractivity contribution in [3.8, 4) is 11.1 Å². The monoisotopic (exact) mass is 642 g/mol. The molecular formula is C43H36N2P2. The highest BCUT2D eigenvalue weighted by Gasteiger charge is 2.27. The molecule has 0 fully saturated rings. The molecule has 0 spiro atoms. The molecule has 2 nitrogen and oxygen atoms in total. The van der Waals surface area contributed by atoms with Gasteiger partial charge in [0.1, 0.15) is 0 Å². The van der Waals surface area contributed by atoms with Crippen molar-refractivity contribution in [3.05, 3.63) is 200 Å². The van der Waals surface area contributed by atoms with Crippen LogP contribution in [-0.2, 0) is 0 Å². The molecule has 0 saturated heterocycles. The summed E-state index contributed by atoms with van der Waals surface area (Å²) in [5.74, 6) is 0. The van der Waals surface area contributed by atoms with Gasteiger partial charge in [-0.1, -0.05) is 176 Å². The van der Waals surface area contributed by atoms with Crippen molar-refractivity contribution in [1.29, 1.82) is 0 Å². The van der Waals surface area contributed by atoms with E-state index in [0.717, 1.165) is 22.5 Å². The van der Waals surface area contributed by atoms with Crippen LogP contribution in [0.5, 0.6) is 0 Å². The van der Waals surface area contributed by atoms with Crippen molar-refractivity contribution in [2.45, 2.75) is 0 Å². The molecule has 0 atom stereocenters. The Labute approximate surface area is 278 Å². The summed E-state index contributed by atoms with van der Waals surface area (Å²) in [5.41, 5.74) is 4.27. The van der Waals surface area contributed by atoms with Gasteiger partial charge in [-0.15, -0.1) is 0 Å². The van der Waals surface area contributed by atoms with Gasteiger partial charge in [0, 0.05) is 23.0 Å². The SMILES string of the molecule is CP(=Nc1ccc(-c2ccc(N=P(c3ccccc3)(c3ccccc3)c3ccccc3)cc2)cc1)(c1ccccc1)c1ccccc1. The summed E-state index contributed by atoms with van der Waals surface area (Å²) >= 11 is 0. The van der Waals surface area contributed by atoms with Crippen LogP contribution in [0.25, 0.3) is 11.1 Å². The summed E-state index contributed by atoms with van der Waals surface area (Å²) in [5, 5.41) is 6.26. The number of benzene rings is 7. The average Bonchev–Trinajstić information content (AvgIpc) is 3.16. The molecule has 7 rings (SSSR count). The zero-order valence-corrected chi connectivity index (χ0v) is 28.1. The second-order valence-electron chi connectivity index (χ2n) is 11.6. The van der Waals surface area contributed by atoms with Crippen LogP contribution < -0.4 is 26.5 Å². The molecule has 7 aromatic rings. The normalized spacial score (nSPS) is 11.5. The van der Waals surface area contributed by atoms with Crippen molar-refractivity contribution < 1.29 is 0 Å². The largest absolute Gasteiger partial charge is 0.259 e. The molecule has 0 saturated carbocycles. The number of hydrogen-bond acceptors (Lipinski definition) is 2. The van der Waals surface area contributed by atoms with Crippen LogP contribution in [0.2, 0.25) is 0 Å². The average molecular weight is 643 g/mol. The summed E-state index contributed by atoms with van der Waals surface area (Å²) in [7, 11) is -4.29. The van der Waals surface area contributed by atoms with E-state index >= 15 is 0 Å². The third kappa shape index (κ3) is 6.36. The molecule has 4 heteroatoms. The van der Waals surface area contributed by atoms with Crippen LogP contribution in [0.3, 0.4) is 0 Å². The maximum atomic E-state index is 5.65. The molecule has 0 amide bonds. The third-order valence-corrected chi connectivity index (χ3v) is 15.5. The fourth-order valence-electron chi connectivity index (χ4n) is 6.10. The topological polar surface area (TPSA) is 24.7 Å². The molecule has 47 heavy (non-hydrogen) atoms. The van der Waals surface area contributed by atoms with Gasteiger partial charge in [0.25, 0.3) is 0 Å². The van der Waals surface area contributed by atoms with Gasteiger partial charge >= 0.3 is 0 Å². The van der Waals surface area contributed by atoms with E-state index in [0.29, 0.717) is 0 Å². The fraction of sp³-hybridized carbons (Fsp3) is 0.0233. The summed E-state index contributed by atoms with van der Waals surface area (Å²) in [6.45, 7) is 2.30.